The van der Waals surface area contributed by atoms with Gasteiger partial charge in [0, 0.05) is 0 Å². The number of ether oxygens (including phenoxy) is 2. The standard InChI is InChI=1S/C43H81NO9/c1-4-6-8-10-12-13-14-15-16-17-18-20-22-26-31-37(47)42(51)44-35(33-52-43-41(50)40(49)39(48)38(32-45)53-43)36(46)30-27-23-25-29-34(3)28-24-21-19-11-9-7-5-2/h27,29-30,35-41,43,45-50H,4-26,28,31-33H2,1-3H3,(H,44,51)/b30-27+,34-29+/t35-,36+,37-,38-,39-,40+,41-,43-/m1/s1. The van der Waals surface area contributed by atoms with Crippen LogP contribution in [0.1, 0.15) is 181 Å². The summed E-state index contributed by atoms with van der Waals surface area (Å²) in [6.07, 6.45) is 24.9. The van der Waals surface area contributed by atoms with E-state index in [2.05, 4.69) is 32.2 Å². The van der Waals surface area contributed by atoms with Crippen molar-refractivity contribution in [3.63, 3.8) is 0 Å². The molecule has 0 aromatic heterocycles. The van der Waals surface area contributed by atoms with Gasteiger partial charge in [-0.1, -0.05) is 166 Å². The number of nitrogens with one attached hydrogen (secondary N) is 1. The quantitative estimate of drug-likeness (QED) is 0.0263. The van der Waals surface area contributed by atoms with Crippen LogP contribution in [0.4, 0.5) is 0 Å². The van der Waals surface area contributed by atoms with E-state index in [0.717, 1.165) is 32.1 Å². The minimum atomic E-state index is -1.61. The van der Waals surface area contributed by atoms with Crippen LogP contribution in [0.5, 0.6) is 0 Å². The summed E-state index contributed by atoms with van der Waals surface area (Å²) >= 11 is 0. The number of carbonyl (C=O) groups excluding carboxylic acids is 1. The van der Waals surface area contributed by atoms with Gasteiger partial charge in [-0.3, -0.25) is 4.79 Å². The highest BCUT2D eigenvalue weighted by molar-refractivity contribution is 5.80. The second-order valence-electron chi connectivity index (χ2n) is 15.5. The fourth-order valence-electron chi connectivity index (χ4n) is 6.83. The Morgan fingerprint density at radius 1 is 0.717 bits per heavy atom. The number of unbranched alkanes of at least 4 members (excludes halogenated alkanes) is 20. The van der Waals surface area contributed by atoms with E-state index in [9.17, 15) is 35.4 Å². The number of rotatable bonds is 34. The molecule has 1 amide bonds. The number of carbonyl (C=O) groups is 1. The zero-order chi connectivity index (χ0) is 39.1. The van der Waals surface area contributed by atoms with E-state index in [1.807, 2.05) is 6.08 Å². The topological polar surface area (TPSA) is 169 Å². The maximum atomic E-state index is 13.0. The lowest BCUT2D eigenvalue weighted by atomic mass is 9.99. The number of hydrogen-bond acceptors (Lipinski definition) is 9. The van der Waals surface area contributed by atoms with Crippen LogP contribution in [0.15, 0.2) is 23.8 Å². The molecule has 8 atom stereocenters. The number of aliphatic hydroxyl groups excluding tert-OH is 6. The van der Waals surface area contributed by atoms with E-state index >= 15 is 0 Å². The zero-order valence-corrected chi connectivity index (χ0v) is 33.9. The van der Waals surface area contributed by atoms with Crippen LogP contribution < -0.4 is 5.32 Å². The van der Waals surface area contributed by atoms with Gasteiger partial charge in [-0.25, -0.2) is 0 Å². The normalized spacial score (nSPS) is 22.7. The average molecular weight is 756 g/mol. The monoisotopic (exact) mass is 756 g/mol. The van der Waals surface area contributed by atoms with Gasteiger partial charge in [0.15, 0.2) is 6.29 Å². The van der Waals surface area contributed by atoms with Crippen molar-refractivity contribution in [2.75, 3.05) is 13.2 Å². The summed E-state index contributed by atoms with van der Waals surface area (Å²) in [6.45, 7) is 5.72. The lowest BCUT2D eigenvalue weighted by molar-refractivity contribution is -0.302. The lowest BCUT2D eigenvalue weighted by Crippen LogP contribution is -2.60. The van der Waals surface area contributed by atoms with E-state index in [1.165, 1.54) is 115 Å². The summed E-state index contributed by atoms with van der Waals surface area (Å²) < 4.78 is 11.1. The summed E-state index contributed by atoms with van der Waals surface area (Å²) in [5.74, 6) is -0.626. The Kier molecular flexibility index (Phi) is 30.8. The molecule has 0 aromatic rings. The molecule has 0 radical (unpaired) electrons. The second kappa shape index (κ2) is 32.8. The maximum absolute atomic E-state index is 13.0. The molecule has 0 spiro atoms. The molecule has 53 heavy (non-hydrogen) atoms. The molecule has 1 saturated heterocycles. The third-order valence-electron chi connectivity index (χ3n) is 10.5. The van der Waals surface area contributed by atoms with Crippen molar-refractivity contribution in [2.45, 2.75) is 230 Å². The molecule has 10 heteroatoms. The zero-order valence-electron chi connectivity index (χ0n) is 33.9. The molecule has 1 rings (SSSR count). The van der Waals surface area contributed by atoms with E-state index < -0.39 is 61.5 Å². The highest BCUT2D eigenvalue weighted by Crippen LogP contribution is 2.23. The van der Waals surface area contributed by atoms with Crippen LogP contribution in [0.2, 0.25) is 0 Å². The summed E-state index contributed by atoms with van der Waals surface area (Å²) in [5, 5.41) is 64.6. The average Bonchev–Trinajstić information content (AvgIpc) is 3.15. The van der Waals surface area contributed by atoms with Crippen LogP contribution in [0.3, 0.4) is 0 Å². The molecule has 1 aliphatic heterocycles. The smallest absolute Gasteiger partial charge is 0.249 e. The Morgan fingerprint density at radius 3 is 1.75 bits per heavy atom. The molecular formula is C43H81NO9. The Balaban J connectivity index is 2.54. The first kappa shape index (κ1) is 49.6. The Morgan fingerprint density at radius 2 is 1.23 bits per heavy atom. The van der Waals surface area contributed by atoms with Crippen LogP contribution >= 0.6 is 0 Å². The molecule has 1 heterocycles. The molecule has 0 bridgehead atoms. The SMILES string of the molecule is CCCCCCCCCCCCCCCC[C@@H](O)C(=O)N[C@H](CO[C@@H]1O[C@H](CO)[C@@H](O)[C@H](O)[C@H]1O)[C@@H](O)/C=C/CC/C=C(\C)CCCCCCCCC. The van der Waals surface area contributed by atoms with Crippen molar-refractivity contribution >= 4 is 5.91 Å². The van der Waals surface area contributed by atoms with Crippen molar-refractivity contribution < 1.29 is 44.9 Å². The highest BCUT2D eigenvalue weighted by Gasteiger charge is 2.44. The molecule has 0 aliphatic carbocycles. The van der Waals surface area contributed by atoms with Crippen LogP contribution in [0.25, 0.3) is 0 Å². The first-order valence-corrected chi connectivity index (χ1v) is 21.6. The molecular weight excluding hydrogens is 674 g/mol. The Bertz CT molecular complexity index is 929. The molecule has 0 aromatic carbocycles. The van der Waals surface area contributed by atoms with E-state index in [-0.39, 0.29) is 6.61 Å². The van der Waals surface area contributed by atoms with Crippen LogP contribution in [-0.2, 0) is 14.3 Å². The third kappa shape index (κ3) is 24.0. The van der Waals surface area contributed by atoms with Crippen molar-refractivity contribution in [2.24, 2.45) is 0 Å². The molecule has 10 nitrogen and oxygen atoms in total. The fourth-order valence-corrected chi connectivity index (χ4v) is 6.83. The second-order valence-corrected chi connectivity index (χ2v) is 15.5. The highest BCUT2D eigenvalue weighted by atomic mass is 16.7. The number of allylic oxidation sites excluding steroid dienone is 3. The van der Waals surface area contributed by atoms with Gasteiger partial charge in [-0.15, -0.1) is 0 Å². The molecule has 1 aliphatic rings. The van der Waals surface area contributed by atoms with Gasteiger partial charge >= 0.3 is 0 Å². The molecule has 0 saturated carbocycles. The number of amides is 1. The van der Waals surface area contributed by atoms with E-state index in [0.29, 0.717) is 19.3 Å². The first-order valence-electron chi connectivity index (χ1n) is 21.6. The van der Waals surface area contributed by atoms with Gasteiger partial charge in [0.25, 0.3) is 0 Å². The number of hydrogen-bond donors (Lipinski definition) is 7. The maximum Gasteiger partial charge on any atom is 0.249 e. The summed E-state index contributed by atoms with van der Waals surface area (Å²) in [7, 11) is 0. The van der Waals surface area contributed by atoms with Crippen molar-refractivity contribution in [3.05, 3.63) is 23.8 Å². The third-order valence-corrected chi connectivity index (χ3v) is 10.5. The van der Waals surface area contributed by atoms with Gasteiger partial charge in [-0.05, 0) is 39.0 Å². The summed E-state index contributed by atoms with van der Waals surface area (Å²) in [4.78, 5) is 13.0. The van der Waals surface area contributed by atoms with Gasteiger partial charge in [0.05, 0.1) is 25.4 Å². The molecule has 312 valence electrons. The fraction of sp³-hybridized carbons (Fsp3) is 0.884. The first-order chi connectivity index (χ1) is 25.7. The van der Waals surface area contributed by atoms with Gasteiger partial charge in [0.2, 0.25) is 5.91 Å². The van der Waals surface area contributed by atoms with Gasteiger partial charge in [-0.2, -0.15) is 0 Å². The summed E-state index contributed by atoms with van der Waals surface area (Å²) in [6, 6.07) is -0.994. The lowest BCUT2D eigenvalue weighted by Gasteiger charge is -2.40. The minimum Gasteiger partial charge on any atom is -0.394 e. The predicted octanol–water partition coefficient (Wildman–Crippen LogP) is 7.30. The van der Waals surface area contributed by atoms with E-state index in [1.54, 1.807) is 6.08 Å². The van der Waals surface area contributed by atoms with Crippen molar-refractivity contribution in [1.82, 2.24) is 5.32 Å². The summed E-state index contributed by atoms with van der Waals surface area (Å²) in [5.41, 5.74) is 1.36. The minimum absolute atomic E-state index is 0.306. The predicted molar refractivity (Wildman–Crippen MR) is 213 cm³/mol. The molecule has 1 fully saturated rings. The van der Waals surface area contributed by atoms with E-state index in [4.69, 9.17) is 9.47 Å². The van der Waals surface area contributed by atoms with Crippen LogP contribution in [0, 0.1) is 0 Å². The molecule has 7 N–H and O–H groups in total. The Hall–Kier alpha value is -1.37. The van der Waals surface area contributed by atoms with Gasteiger partial charge < -0.3 is 45.4 Å². The largest absolute Gasteiger partial charge is 0.394 e. The Labute approximate surface area is 322 Å². The van der Waals surface area contributed by atoms with Crippen molar-refractivity contribution in [1.29, 1.82) is 0 Å². The van der Waals surface area contributed by atoms with Crippen LogP contribution in [-0.4, -0.2) is 98.7 Å². The van der Waals surface area contributed by atoms with Crippen molar-refractivity contribution in [3.8, 4) is 0 Å². The van der Waals surface area contributed by atoms with Gasteiger partial charge in [0.1, 0.15) is 30.5 Å². The molecule has 0 unspecified atom stereocenters. The number of aliphatic hydroxyl groups is 6.